The van der Waals surface area contributed by atoms with Crippen LogP contribution in [0.5, 0.6) is 5.75 Å². The molecule has 1 N–H and O–H groups in total. The highest BCUT2D eigenvalue weighted by molar-refractivity contribution is 5.80. The van der Waals surface area contributed by atoms with E-state index in [4.69, 9.17) is 9.47 Å². The van der Waals surface area contributed by atoms with Crippen LogP contribution >= 0.6 is 0 Å². The number of rotatable bonds is 6. The van der Waals surface area contributed by atoms with Crippen LogP contribution in [0.15, 0.2) is 29.3 Å². The molecule has 0 amide bonds. The fourth-order valence-electron chi connectivity index (χ4n) is 3.80. The van der Waals surface area contributed by atoms with Gasteiger partial charge in [-0.05, 0) is 38.2 Å². The minimum absolute atomic E-state index is 0.189. The van der Waals surface area contributed by atoms with Gasteiger partial charge >= 0.3 is 6.36 Å². The number of para-hydroxylation sites is 1. The smallest absolute Gasteiger partial charge is 0.405 e. The third kappa shape index (κ3) is 7.05. The lowest BCUT2D eigenvalue weighted by Gasteiger charge is -2.35. The van der Waals surface area contributed by atoms with Gasteiger partial charge in [0.15, 0.2) is 5.96 Å². The zero-order chi connectivity index (χ0) is 21.4. The second-order valence-electron chi connectivity index (χ2n) is 7.56. The van der Waals surface area contributed by atoms with Crippen molar-refractivity contribution in [2.24, 2.45) is 4.99 Å². The first-order chi connectivity index (χ1) is 14.4. The highest BCUT2D eigenvalue weighted by atomic mass is 19.4. The molecule has 0 aliphatic carbocycles. The fraction of sp³-hybridized carbons (Fsp3) is 0.667. The Morgan fingerprint density at radius 2 is 1.97 bits per heavy atom. The number of nitrogens with one attached hydrogen (secondary N) is 1. The Labute approximate surface area is 175 Å². The summed E-state index contributed by atoms with van der Waals surface area (Å²) in [4.78, 5) is 6.38. The normalized spacial score (nSPS) is 21.5. The van der Waals surface area contributed by atoms with E-state index in [0.29, 0.717) is 18.1 Å². The molecule has 30 heavy (non-hydrogen) atoms. The topological polar surface area (TPSA) is 55.3 Å². The van der Waals surface area contributed by atoms with E-state index in [1.54, 1.807) is 19.2 Å². The Morgan fingerprint density at radius 3 is 2.63 bits per heavy atom. The summed E-state index contributed by atoms with van der Waals surface area (Å²) >= 11 is 0. The van der Waals surface area contributed by atoms with Gasteiger partial charge < -0.3 is 24.4 Å². The maximum atomic E-state index is 12.6. The van der Waals surface area contributed by atoms with Crippen molar-refractivity contribution in [3.05, 3.63) is 29.8 Å². The molecule has 2 aliphatic rings. The van der Waals surface area contributed by atoms with Crippen LogP contribution in [0, 0.1) is 0 Å². The summed E-state index contributed by atoms with van der Waals surface area (Å²) in [5.74, 6) is 0.455. The summed E-state index contributed by atoms with van der Waals surface area (Å²) in [5, 5.41) is 3.15. The molecule has 2 heterocycles. The van der Waals surface area contributed by atoms with Crippen molar-refractivity contribution < 1.29 is 27.4 Å². The highest BCUT2D eigenvalue weighted by Crippen LogP contribution is 2.26. The first-order valence-electron chi connectivity index (χ1n) is 10.5. The summed E-state index contributed by atoms with van der Waals surface area (Å²) in [6.07, 6.45) is 0.843. The van der Waals surface area contributed by atoms with Gasteiger partial charge in [-0.25, -0.2) is 0 Å². The molecular weight excluding hydrogens is 399 g/mol. The number of benzene rings is 1. The van der Waals surface area contributed by atoms with Gasteiger partial charge in [-0.2, -0.15) is 0 Å². The summed E-state index contributed by atoms with van der Waals surface area (Å²) in [5.41, 5.74) is 0.418. The van der Waals surface area contributed by atoms with E-state index in [9.17, 15) is 13.2 Å². The van der Waals surface area contributed by atoms with Crippen LogP contribution in [0.1, 0.15) is 37.7 Å². The average Bonchev–Trinajstić information content (AvgIpc) is 2.74. The molecule has 168 valence electrons. The Balaban J connectivity index is 1.45. The Bertz CT molecular complexity index is 686. The van der Waals surface area contributed by atoms with Gasteiger partial charge in [-0.1, -0.05) is 18.2 Å². The quantitative estimate of drug-likeness (QED) is 0.552. The number of halogens is 3. The van der Waals surface area contributed by atoms with E-state index in [1.165, 1.54) is 18.6 Å². The summed E-state index contributed by atoms with van der Waals surface area (Å²) in [6.45, 7) is 3.21. The zero-order valence-electron chi connectivity index (χ0n) is 17.3. The zero-order valence-corrected chi connectivity index (χ0v) is 17.3. The highest BCUT2D eigenvalue weighted by Gasteiger charge is 2.32. The summed E-state index contributed by atoms with van der Waals surface area (Å²) in [7, 11) is 1.67. The molecule has 2 fully saturated rings. The number of piperidine rings is 1. The van der Waals surface area contributed by atoms with Crippen LogP contribution in [0.3, 0.4) is 0 Å². The third-order valence-electron chi connectivity index (χ3n) is 5.38. The van der Waals surface area contributed by atoms with E-state index in [2.05, 4.69) is 19.9 Å². The maximum Gasteiger partial charge on any atom is 0.573 e. The van der Waals surface area contributed by atoms with Crippen molar-refractivity contribution in [3.63, 3.8) is 0 Å². The number of alkyl halides is 3. The van der Waals surface area contributed by atoms with Crippen LogP contribution in [0.4, 0.5) is 13.2 Å². The molecule has 0 saturated carbocycles. The monoisotopic (exact) mass is 429 g/mol. The van der Waals surface area contributed by atoms with Crippen LogP contribution < -0.4 is 10.1 Å². The van der Waals surface area contributed by atoms with E-state index in [-0.39, 0.29) is 24.5 Å². The Hall–Kier alpha value is -2.00. The van der Waals surface area contributed by atoms with E-state index in [1.807, 2.05) is 0 Å². The molecule has 0 aromatic heterocycles. The maximum absolute atomic E-state index is 12.6. The van der Waals surface area contributed by atoms with Gasteiger partial charge in [0.1, 0.15) is 5.75 Å². The molecule has 9 heteroatoms. The summed E-state index contributed by atoms with van der Waals surface area (Å²) in [6, 6.07) is 6.12. The minimum atomic E-state index is -4.72. The predicted octanol–water partition coefficient (Wildman–Crippen LogP) is 3.71. The molecule has 0 spiro atoms. The number of aliphatic imine (C=N–C) groups is 1. The van der Waals surface area contributed by atoms with Gasteiger partial charge in [0.05, 0.1) is 18.8 Å². The van der Waals surface area contributed by atoms with Crippen molar-refractivity contribution in [2.75, 3.05) is 33.4 Å². The van der Waals surface area contributed by atoms with Crippen LogP contribution in [-0.4, -0.2) is 62.8 Å². The number of nitrogens with zero attached hydrogens (tertiary/aromatic N) is 2. The average molecular weight is 429 g/mol. The fourth-order valence-corrected chi connectivity index (χ4v) is 3.80. The van der Waals surface area contributed by atoms with E-state index < -0.39 is 6.36 Å². The van der Waals surface area contributed by atoms with Crippen molar-refractivity contribution in [2.45, 2.75) is 57.2 Å². The lowest BCUT2D eigenvalue weighted by molar-refractivity contribution is -0.274. The van der Waals surface area contributed by atoms with Gasteiger partial charge in [0.25, 0.3) is 0 Å². The predicted molar refractivity (Wildman–Crippen MR) is 107 cm³/mol. The van der Waals surface area contributed by atoms with E-state index >= 15 is 0 Å². The second kappa shape index (κ2) is 10.9. The number of ether oxygens (including phenoxy) is 3. The molecule has 2 aliphatic heterocycles. The second-order valence-corrected chi connectivity index (χ2v) is 7.56. The lowest BCUT2D eigenvalue weighted by atomic mass is 10.1. The van der Waals surface area contributed by atoms with Crippen molar-refractivity contribution in [1.82, 2.24) is 10.2 Å². The Morgan fingerprint density at radius 1 is 1.20 bits per heavy atom. The van der Waals surface area contributed by atoms with E-state index in [0.717, 1.165) is 45.4 Å². The SMILES string of the molecule is CN=C(NCc1ccccc1OC(F)(F)F)N1CCC(OCC2CCCCO2)CC1. The first kappa shape index (κ1) is 22.7. The van der Waals surface area contributed by atoms with Crippen molar-refractivity contribution >= 4 is 5.96 Å². The van der Waals surface area contributed by atoms with Gasteiger partial charge in [-0.3, -0.25) is 4.99 Å². The van der Waals surface area contributed by atoms with Crippen molar-refractivity contribution in [1.29, 1.82) is 0 Å². The molecule has 0 radical (unpaired) electrons. The largest absolute Gasteiger partial charge is 0.573 e. The minimum Gasteiger partial charge on any atom is -0.405 e. The van der Waals surface area contributed by atoms with Gasteiger partial charge in [0.2, 0.25) is 0 Å². The number of likely N-dealkylation sites (tertiary alicyclic amines) is 1. The molecular formula is C21H30F3N3O3. The van der Waals surface area contributed by atoms with Crippen LogP contribution in [0.2, 0.25) is 0 Å². The van der Waals surface area contributed by atoms with Crippen LogP contribution in [0.25, 0.3) is 0 Å². The first-order valence-corrected chi connectivity index (χ1v) is 10.5. The van der Waals surface area contributed by atoms with Crippen molar-refractivity contribution in [3.8, 4) is 5.75 Å². The Kier molecular flexibility index (Phi) is 8.21. The molecule has 1 aromatic carbocycles. The third-order valence-corrected chi connectivity index (χ3v) is 5.38. The molecule has 0 bridgehead atoms. The molecule has 6 nitrogen and oxygen atoms in total. The molecule has 1 unspecified atom stereocenters. The molecule has 2 saturated heterocycles. The molecule has 3 rings (SSSR count). The lowest BCUT2D eigenvalue weighted by Crippen LogP contribution is -2.47. The number of hydrogen-bond donors (Lipinski definition) is 1. The van der Waals surface area contributed by atoms with Crippen LogP contribution in [-0.2, 0) is 16.0 Å². The number of guanidine groups is 1. The number of hydrogen-bond acceptors (Lipinski definition) is 4. The standard InChI is InChI=1S/C21H30F3N3O3/c1-25-20(26-14-16-6-2-3-8-19(16)30-21(22,23)24)27-11-9-17(10-12-27)29-15-18-7-4-5-13-28-18/h2-3,6,8,17-18H,4-5,7,9-15H2,1H3,(H,25,26). The molecule has 1 atom stereocenters. The summed E-state index contributed by atoms with van der Waals surface area (Å²) < 4.78 is 53.7. The van der Waals surface area contributed by atoms with Gasteiger partial charge in [0, 0.05) is 38.9 Å². The van der Waals surface area contributed by atoms with Gasteiger partial charge in [-0.15, -0.1) is 13.2 Å². The molecule has 1 aromatic rings.